The van der Waals surface area contributed by atoms with E-state index < -0.39 is 0 Å². The van der Waals surface area contributed by atoms with Gasteiger partial charge in [0.05, 0.1) is 11.3 Å². The van der Waals surface area contributed by atoms with Gasteiger partial charge >= 0.3 is 0 Å². The molecule has 0 aliphatic rings. The quantitative estimate of drug-likeness (QED) is 0.784. The molecule has 0 fully saturated rings. The maximum atomic E-state index is 13.4. The summed E-state index contributed by atoms with van der Waals surface area (Å²) in [7, 11) is 0. The summed E-state index contributed by atoms with van der Waals surface area (Å²) in [5.74, 6) is -0.367. The molecule has 106 valence electrons. The van der Waals surface area contributed by atoms with Crippen LogP contribution in [0.15, 0.2) is 59.4 Å². The van der Waals surface area contributed by atoms with Crippen molar-refractivity contribution in [3.8, 4) is 16.8 Å². The first-order valence-corrected chi connectivity index (χ1v) is 6.86. The summed E-state index contributed by atoms with van der Waals surface area (Å²) in [5, 5.41) is 3.08. The summed E-state index contributed by atoms with van der Waals surface area (Å²) >= 11 is 0. The van der Waals surface area contributed by atoms with Crippen LogP contribution in [-0.2, 0) is 6.42 Å². The molecule has 0 unspecified atom stereocenters. The molecule has 0 radical (unpaired) electrons. The zero-order valence-corrected chi connectivity index (χ0v) is 11.6. The van der Waals surface area contributed by atoms with Crippen LogP contribution in [0, 0.1) is 5.82 Å². The third-order valence-corrected chi connectivity index (χ3v) is 3.45. The lowest BCUT2D eigenvalue weighted by Gasteiger charge is -2.01. The minimum atomic E-state index is -0.367. The molecule has 2 aromatic carbocycles. The van der Waals surface area contributed by atoms with Crippen LogP contribution in [0.2, 0.25) is 0 Å². The van der Waals surface area contributed by atoms with E-state index in [0.717, 1.165) is 11.3 Å². The zero-order chi connectivity index (χ0) is 14.8. The van der Waals surface area contributed by atoms with Gasteiger partial charge in [-0.3, -0.25) is 9.89 Å². The van der Waals surface area contributed by atoms with E-state index in [0.29, 0.717) is 17.7 Å². The van der Waals surface area contributed by atoms with E-state index in [9.17, 15) is 9.18 Å². The Morgan fingerprint density at radius 2 is 1.86 bits per heavy atom. The molecule has 1 aromatic heterocycles. The number of hydrogen-bond donors (Lipinski definition) is 1. The normalized spacial score (nSPS) is 10.8. The zero-order valence-electron chi connectivity index (χ0n) is 11.6. The van der Waals surface area contributed by atoms with Gasteiger partial charge in [-0.15, -0.1) is 0 Å². The van der Waals surface area contributed by atoms with Crippen molar-refractivity contribution in [1.29, 1.82) is 0 Å². The topological polar surface area (TPSA) is 37.8 Å². The summed E-state index contributed by atoms with van der Waals surface area (Å²) in [6, 6.07) is 15.5. The lowest BCUT2D eigenvalue weighted by molar-refractivity contribution is 0.625. The lowest BCUT2D eigenvalue weighted by atomic mass is 10.1. The molecule has 1 heterocycles. The molecule has 0 spiro atoms. The number of hydrogen-bond acceptors (Lipinski definition) is 1. The summed E-state index contributed by atoms with van der Waals surface area (Å²) in [4.78, 5) is 12.7. The molecule has 0 amide bonds. The predicted octanol–water partition coefficient (Wildman–Crippen LogP) is 3.53. The number of benzene rings is 2. The monoisotopic (exact) mass is 282 g/mol. The molecular weight excluding hydrogens is 267 g/mol. The Bertz CT molecular complexity index is 818. The van der Waals surface area contributed by atoms with Gasteiger partial charge in [-0.2, -0.15) is 0 Å². The van der Waals surface area contributed by atoms with Crippen molar-refractivity contribution in [2.45, 2.75) is 13.3 Å². The van der Waals surface area contributed by atoms with Crippen molar-refractivity contribution in [2.24, 2.45) is 0 Å². The number of aromatic nitrogens is 2. The number of rotatable bonds is 3. The third kappa shape index (κ3) is 2.40. The van der Waals surface area contributed by atoms with Gasteiger partial charge in [0, 0.05) is 5.69 Å². The van der Waals surface area contributed by atoms with Crippen LogP contribution < -0.4 is 5.56 Å². The van der Waals surface area contributed by atoms with Gasteiger partial charge in [-0.05, 0) is 30.2 Å². The first kappa shape index (κ1) is 13.4. The molecule has 4 heteroatoms. The molecule has 0 aliphatic heterocycles. The molecule has 0 bridgehead atoms. The second kappa shape index (κ2) is 5.40. The number of halogens is 1. The van der Waals surface area contributed by atoms with Crippen LogP contribution in [0.1, 0.15) is 12.6 Å². The Morgan fingerprint density at radius 3 is 2.52 bits per heavy atom. The first-order valence-electron chi connectivity index (χ1n) is 6.86. The largest absolute Gasteiger partial charge is 0.294 e. The fraction of sp³-hybridized carbons (Fsp3) is 0.118. The van der Waals surface area contributed by atoms with Crippen LogP contribution in [-0.4, -0.2) is 9.78 Å². The second-order valence-electron chi connectivity index (χ2n) is 4.81. The highest BCUT2D eigenvalue weighted by Crippen LogP contribution is 2.20. The molecule has 3 aromatic rings. The number of H-pyrrole nitrogens is 1. The summed E-state index contributed by atoms with van der Waals surface area (Å²) in [6.45, 7) is 1.98. The molecule has 3 nitrogen and oxygen atoms in total. The van der Waals surface area contributed by atoms with Crippen molar-refractivity contribution >= 4 is 0 Å². The molecule has 0 saturated heterocycles. The summed E-state index contributed by atoms with van der Waals surface area (Å²) < 4.78 is 14.8. The number of nitrogens with one attached hydrogen (secondary N) is 1. The standard InChI is InChI=1S/C17H15FN2O/c1-2-15-16(12-7-4-3-5-8-12)17(21)20(19-15)14-10-6-9-13(18)11-14/h3-11,19H,2H2,1H3. The highest BCUT2D eigenvalue weighted by Gasteiger charge is 2.15. The van der Waals surface area contributed by atoms with Crippen molar-refractivity contribution in [3.05, 3.63) is 76.5 Å². The molecular formula is C17H15FN2O. The summed E-state index contributed by atoms with van der Waals surface area (Å²) in [6.07, 6.45) is 0.696. The van der Waals surface area contributed by atoms with E-state index in [1.165, 1.54) is 16.8 Å². The lowest BCUT2D eigenvalue weighted by Crippen LogP contribution is -2.15. The van der Waals surface area contributed by atoms with Crippen LogP contribution in [0.25, 0.3) is 16.8 Å². The molecule has 21 heavy (non-hydrogen) atoms. The van der Waals surface area contributed by atoms with Gasteiger partial charge in [0.1, 0.15) is 5.82 Å². The van der Waals surface area contributed by atoms with Gasteiger partial charge in [-0.1, -0.05) is 43.3 Å². The van der Waals surface area contributed by atoms with Crippen LogP contribution in [0.3, 0.4) is 0 Å². The minimum Gasteiger partial charge on any atom is -0.294 e. The van der Waals surface area contributed by atoms with Crippen LogP contribution in [0.4, 0.5) is 4.39 Å². The first-order chi connectivity index (χ1) is 10.2. The molecule has 3 rings (SSSR count). The average molecular weight is 282 g/mol. The molecule has 0 aliphatic carbocycles. The van der Waals surface area contributed by atoms with Crippen molar-refractivity contribution in [3.63, 3.8) is 0 Å². The van der Waals surface area contributed by atoms with E-state index in [2.05, 4.69) is 5.10 Å². The maximum absolute atomic E-state index is 13.4. The van der Waals surface area contributed by atoms with E-state index in [4.69, 9.17) is 0 Å². The Hall–Kier alpha value is -2.62. The van der Waals surface area contributed by atoms with E-state index in [1.54, 1.807) is 12.1 Å². The summed E-state index contributed by atoms with van der Waals surface area (Å²) in [5.41, 5.74) is 2.68. The van der Waals surface area contributed by atoms with Crippen molar-refractivity contribution < 1.29 is 4.39 Å². The molecule has 0 saturated carbocycles. The van der Waals surface area contributed by atoms with E-state index in [-0.39, 0.29) is 11.4 Å². The second-order valence-corrected chi connectivity index (χ2v) is 4.81. The fourth-order valence-corrected chi connectivity index (χ4v) is 2.44. The van der Waals surface area contributed by atoms with Crippen LogP contribution in [0.5, 0.6) is 0 Å². The number of nitrogens with zero attached hydrogens (tertiary/aromatic N) is 1. The van der Waals surface area contributed by atoms with Crippen molar-refractivity contribution in [2.75, 3.05) is 0 Å². The Morgan fingerprint density at radius 1 is 1.10 bits per heavy atom. The van der Waals surface area contributed by atoms with Crippen molar-refractivity contribution in [1.82, 2.24) is 9.78 Å². The highest BCUT2D eigenvalue weighted by molar-refractivity contribution is 5.65. The third-order valence-electron chi connectivity index (χ3n) is 3.45. The highest BCUT2D eigenvalue weighted by atomic mass is 19.1. The minimum absolute atomic E-state index is 0.163. The van der Waals surface area contributed by atoms with E-state index >= 15 is 0 Å². The predicted molar refractivity (Wildman–Crippen MR) is 81.2 cm³/mol. The maximum Gasteiger partial charge on any atom is 0.279 e. The Balaban J connectivity index is 2.22. The van der Waals surface area contributed by atoms with Gasteiger partial charge in [-0.25, -0.2) is 9.07 Å². The average Bonchev–Trinajstić information content (AvgIpc) is 2.85. The number of aromatic amines is 1. The van der Waals surface area contributed by atoms with Gasteiger partial charge in [0.15, 0.2) is 0 Å². The van der Waals surface area contributed by atoms with Gasteiger partial charge < -0.3 is 0 Å². The number of aryl methyl sites for hydroxylation is 1. The SMILES string of the molecule is CCc1[nH]n(-c2cccc(F)c2)c(=O)c1-c1ccccc1. The fourth-order valence-electron chi connectivity index (χ4n) is 2.44. The Labute approximate surface area is 121 Å². The molecule has 1 N–H and O–H groups in total. The van der Waals surface area contributed by atoms with Gasteiger partial charge in [0.2, 0.25) is 0 Å². The van der Waals surface area contributed by atoms with Gasteiger partial charge in [0.25, 0.3) is 5.56 Å². The Kier molecular flexibility index (Phi) is 3.44. The smallest absolute Gasteiger partial charge is 0.279 e. The van der Waals surface area contributed by atoms with Crippen LogP contribution >= 0.6 is 0 Å². The molecule has 0 atom stereocenters. The van der Waals surface area contributed by atoms with E-state index in [1.807, 2.05) is 37.3 Å².